The number of nitrogens with one attached hydrogen (secondary N) is 1. The minimum absolute atomic E-state index is 0.00850. The average molecular weight is 205 g/mol. The second-order valence-electron chi connectivity index (χ2n) is 4.00. The number of aliphatic hydroxyl groups excluding tert-OH is 2. The van der Waals surface area contributed by atoms with Crippen molar-refractivity contribution in [1.82, 2.24) is 5.32 Å². The zero-order chi connectivity index (χ0) is 10.9. The standard InChI is InChI=1S/C10H23NO3/c1-10(8-12,9-13)7-11-5-3-4-6-14-2/h11-13H,3-9H2,1-2H3. The molecule has 0 bridgehead atoms. The van der Waals surface area contributed by atoms with Crippen LogP contribution in [0.4, 0.5) is 0 Å². The second kappa shape index (κ2) is 8.17. The highest BCUT2D eigenvalue weighted by Gasteiger charge is 2.21. The first-order valence-corrected chi connectivity index (χ1v) is 5.10. The van der Waals surface area contributed by atoms with Crippen LogP contribution in [0.25, 0.3) is 0 Å². The molecule has 0 radical (unpaired) electrons. The Bertz CT molecular complexity index is 127. The molecule has 0 saturated carbocycles. The molecule has 0 unspecified atom stereocenters. The fourth-order valence-corrected chi connectivity index (χ4v) is 1.05. The lowest BCUT2D eigenvalue weighted by atomic mass is 9.93. The Hall–Kier alpha value is -0.160. The summed E-state index contributed by atoms with van der Waals surface area (Å²) in [5, 5.41) is 21.2. The van der Waals surface area contributed by atoms with Gasteiger partial charge in [-0.25, -0.2) is 0 Å². The summed E-state index contributed by atoms with van der Waals surface area (Å²) in [5.74, 6) is 0. The maximum atomic E-state index is 9.01. The minimum atomic E-state index is -0.402. The summed E-state index contributed by atoms with van der Waals surface area (Å²) < 4.78 is 4.92. The summed E-state index contributed by atoms with van der Waals surface area (Å²) in [7, 11) is 1.70. The number of methoxy groups -OCH3 is 1. The Kier molecular flexibility index (Phi) is 8.08. The minimum Gasteiger partial charge on any atom is -0.396 e. The van der Waals surface area contributed by atoms with Crippen LogP contribution in [-0.2, 0) is 4.74 Å². The molecule has 4 heteroatoms. The predicted octanol–water partition coefficient (Wildman–Crippen LogP) is -0.00650. The summed E-state index contributed by atoms with van der Waals surface area (Å²) in [4.78, 5) is 0. The summed E-state index contributed by atoms with van der Waals surface area (Å²) in [6, 6.07) is 0. The van der Waals surface area contributed by atoms with Gasteiger partial charge in [-0.05, 0) is 19.4 Å². The first-order chi connectivity index (χ1) is 6.68. The Balaban J connectivity index is 3.34. The van der Waals surface area contributed by atoms with Gasteiger partial charge in [-0.2, -0.15) is 0 Å². The van der Waals surface area contributed by atoms with Crippen LogP contribution in [0.5, 0.6) is 0 Å². The summed E-state index contributed by atoms with van der Waals surface area (Å²) in [5.41, 5.74) is -0.402. The molecule has 0 aliphatic carbocycles. The van der Waals surface area contributed by atoms with Gasteiger partial charge in [-0.3, -0.25) is 0 Å². The molecule has 4 nitrogen and oxygen atoms in total. The van der Waals surface area contributed by atoms with Gasteiger partial charge in [0.15, 0.2) is 0 Å². The molecule has 0 fully saturated rings. The summed E-state index contributed by atoms with van der Waals surface area (Å²) >= 11 is 0. The predicted molar refractivity (Wildman–Crippen MR) is 56.3 cm³/mol. The lowest BCUT2D eigenvalue weighted by molar-refractivity contribution is 0.0697. The highest BCUT2D eigenvalue weighted by molar-refractivity contribution is 4.74. The zero-order valence-electron chi connectivity index (χ0n) is 9.25. The van der Waals surface area contributed by atoms with Crippen molar-refractivity contribution in [3.63, 3.8) is 0 Å². The molecule has 0 heterocycles. The normalized spacial score (nSPS) is 12.0. The van der Waals surface area contributed by atoms with Crippen molar-refractivity contribution >= 4 is 0 Å². The molecule has 0 aliphatic rings. The van der Waals surface area contributed by atoms with Crippen LogP contribution in [0.15, 0.2) is 0 Å². The van der Waals surface area contributed by atoms with E-state index in [0.29, 0.717) is 6.54 Å². The van der Waals surface area contributed by atoms with Crippen molar-refractivity contribution in [1.29, 1.82) is 0 Å². The monoisotopic (exact) mass is 205 g/mol. The van der Waals surface area contributed by atoms with Crippen LogP contribution in [0.3, 0.4) is 0 Å². The quantitative estimate of drug-likeness (QED) is 0.463. The summed E-state index contributed by atoms with van der Waals surface area (Å²) in [6.45, 7) is 4.21. The maximum Gasteiger partial charge on any atom is 0.0518 e. The van der Waals surface area contributed by atoms with E-state index in [9.17, 15) is 0 Å². The van der Waals surface area contributed by atoms with E-state index in [1.807, 2.05) is 6.92 Å². The van der Waals surface area contributed by atoms with Gasteiger partial charge in [-0.1, -0.05) is 6.92 Å². The molecular weight excluding hydrogens is 182 g/mol. The zero-order valence-corrected chi connectivity index (χ0v) is 9.25. The van der Waals surface area contributed by atoms with Gasteiger partial charge in [0.1, 0.15) is 0 Å². The molecule has 3 N–H and O–H groups in total. The van der Waals surface area contributed by atoms with E-state index < -0.39 is 5.41 Å². The highest BCUT2D eigenvalue weighted by atomic mass is 16.5. The number of unbranched alkanes of at least 4 members (excludes halogenated alkanes) is 1. The number of hydrogen-bond donors (Lipinski definition) is 3. The van der Waals surface area contributed by atoms with Crippen LogP contribution in [0.1, 0.15) is 19.8 Å². The molecule has 0 spiro atoms. The molecule has 14 heavy (non-hydrogen) atoms. The Labute approximate surface area is 86.3 Å². The molecule has 0 amide bonds. The fraction of sp³-hybridized carbons (Fsp3) is 1.00. The first kappa shape index (κ1) is 13.8. The van der Waals surface area contributed by atoms with Gasteiger partial charge in [-0.15, -0.1) is 0 Å². The molecule has 0 saturated heterocycles. The molecule has 86 valence electrons. The van der Waals surface area contributed by atoms with Crippen LogP contribution >= 0.6 is 0 Å². The van der Waals surface area contributed by atoms with Crippen molar-refractivity contribution < 1.29 is 14.9 Å². The second-order valence-corrected chi connectivity index (χ2v) is 4.00. The Morgan fingerprint density at radius 2 is 1.86 bits per heavy atom. The van der Waals surface area contributed by atoms with Gasteiger partial charge in [0.25, 0.3) is 0 Å². The molecule has 0 aliphatic heterocycles. The number of aliphatic hydroxyl groups is 2. The lowest BCUT2D eigenvalue weighted by Gasteiger charge is -2.24. The van der Waals surface area contributed by atoms with E-state index >= 15 is 0 Å². The third-order valence-electron chi connectivity index (χ3n) is 2.27. The van der Waals surface area contributed by atoms with Crippen LogP contribution in [0, 0.1) is 5.41 Å². The van der Waals surface area contributed by atoms with Crippen molar-refractivity contribution in [3.8, 4) is 0 Å². The third-order valence-corrected chi connectivity index (χ3v) is 2.27. The molecule has 0 aromatic carbocycles. The maximum absolute atomic E-state index is 9.01. The summed E-state index contributed by atoms with van der Waals surface area (Å²) in [6.07, 6.45) is 2.10. The van der Waals surface area contributed by atoms with Crippen LogP contribution < -0.4 is 5.32 Å². The van der Waals surface area contributed by atoms with Crippen LogP contribution in [-0.4, -0.2) is 50.2 Å². The molecule has 0 rings (SSSR count). The highest BCUT2D eigenvalue weighted by Crippen LogP contribution is 2.11. The van der Waals surface area contributed by atoms with Gasteiger partial charge < -0.3 is 20.3 Å². The van der Waals surface area contributed by atoms with E-state index in [1.54, 1.807) is 7.11 Å². The largest absolute Gasteiger partial charge is 0.396 e. The lowest BCUT2D eigenvalue weighted by Crippen LogP contribution is -2.38. The van der Waals surface area contributed by atoms with Gasteiger partial charge in [0, 0.05) is 25.7 Å². The van der Waals surface area contributed by atoms with Crippen molar-refractivity contribution in [3.05, 3.63) is 0 Å². The van der Waals surface area contributed by atoms with E-state index in [-0.39, 0.29) is 13.2 Å². The molecule has 0 aromatic heterocycles. The number of ether oxygens (including phenoxy) is 1. The van der Waals surface area contributed by atoms with E-state index in [2.05, 4.69) is 5.32 Å². The first-order valence-electron chi connectivity index (χ1n) is 5.10. The Morgan fingerprint density at radius 1 is 1.21 bits per heavy atom. The molecule has 0 atom stereocenters. The van der Waals surface area contributed by atoms with E-state index in [4.69, 9.17) is 14.9 Å². The third kappa shape index (κ3) is 6.32. The average Bonchev–Trinajstić information content (AvgIpc) is 2.23. The van der Waals surface area contributed by atoms with Gasteiger partial charge in [0.2, 0.25) is 0 Å². The number of hydrogen-bond acceptors (Lipinski definition) is 4. The smallest absolute Gasteiger partial charge is 0.0518 e. The van der Waals surface area contributed by atoms with Crippen molar-refractivity contribution in [2.45, 2.75) is 19.8 Å². The Morgan fingerprint density at radius 3 is 2.36 bits per heavy atom. The topological polar surface area (TPSA) is 61.7 Å². The van der Waals surface area contributed by atoms with Gasteiger partial charge in [0.05, 0.1) is 13.2 Å². The van der Waals surface area contributed by atoms with E-state index in [0.717, 1.165) is 26.0 Å². The van der Waals surface area contributed by atoms with Crippen molar-refractivity contribution in [2.24, 2.45) is 5.41 Å². The fourth-order valence-electron chi connectivity index (χ4n) is 1.05. The van der Waals surface area contributed by atoms with Crippen molar-refractivity contribution in [2.75, 3.05) is 40.0 Å². The SMILES string of the molecule is COCCCCNCC(C)(CO)CO. The molecular formula is C10H23NO3. The van der Waals surface area contributed by atoms with E-state index in [1.165, 1.54) is 0 Å². The molecule has 0 aromatic rings. The van der Waals surface area contributed by atoms with Crippen LogP contribution in [0.2, 0.25) is 0 Å². The number of rotatable bonds is 9. The van der Waals surface area contributed by atoms with Gasteiger partial charge >= 0.3 is 0 Å².